The minimum Gasteiger partial charge on any atom is -0.438 e. The van der Waals surface area contributed by atoms with Gasteiger partial charge in [0.05, 0.1) is 5.69 Å². The second-order valence-electron chi connectivity index (χ2n) is 3.41. The Morgan fingerprint density at radius 1 is 1.38 bits per heavy atom. The highest BCUT2D eigenvalue weighted by Gasteiger charge is 2.13. The molecule has 0 saturated heterocycles. The van der Waals surface area contributed by atoms with Gasteiger partial charge >= 0.3 is 0 Å². The van der Waals surface area contributed by atoms with E-state index in [2.05, 4.69) is 15.3 Å². The SMILES string of the molecule is Cc1cc(NC(=O)c2ocnc2C)ccn1. The van der Waals surface area contributed by atoms with Crippen LogP contribution in [-0.4, -0.2) is 15.9 Å². The van der Waals surface area contributed by atoms with Crippen LogP contribution in [0.4, 0.5) is 5.69 Å². The molecule has 0 unspecified atom stereocenters. The maximum Gasteiger partial charge on any atom is 0.293 e. The van der Waals surface area contributed by atoms with Crippen molar-refractivity contribution in [2.24, 2.45) is 0 Å². The van der Waals surface area contributed by atoms with Gasteiger partial charge in [0, 0.05) is 17.6 Å². The molecule has 0 aromatic carbocycles. The molecule has 0 spiro atoms. The second-order valence-corrected chi connectivity index (χ2v) is 3.41. The van der Waals surface area contributed by atoms with E-state index in [1.54, 1.807) is 25.3 Å². The lowest BCUT2D eigenvalue weighted by Gasteiger charge is -2.03. The van der Waals surface area contributed by atoms with Crippen molar-refractivity contribution in [2.75, 3.05) is 5.32 Å². The average molecular weight is 217 g/mol. The zero-order valence-corrected chi connectivity index (χ0v) is 9.02. The van der Waals surface area contributed by atoms with Crippen molar-refractivity contribution in [1.82, 2.24) is 9.97 Å². The van der Waals surface area contributed by atoms with Gasteiger partial charge < -0.3 is 9.73 Å². The van der Waals surface area contributed by atoms with E-state index in [4.69, 9.17) is 4.42 Å². The fourth-order valence-electron chi connectivity index (χ4n) is 1.33. The first-order chi connectivity index (χ1) is 7.66. The summed E-state index contributed by atoms with van der Waals surface area (Å²) in [7, 11) is 0. The number of oxazole rings is 1. The quantitative estimate of drug-likeness (QED) is 0.834. The van der Waals surface area contributed by atoms with Gasteiger partial charge in [0.1, 0.15) is 0 Å². The van der Waals surface area contributed by atoms with Gasteiger partial charge in [-0.05, 0) is 26.0 Å². The third kappa shape index (κ3) is 2.08. The molecule has 5 heteroatoms. The Hall–Kier alpha value is -2.17. The summed E-state index contributed by atoms with van der Waals surface area (Å²) in [6.45, 7) is 3.57. The third-order valence-corrected chi connectivity index (χ3v) is 2.11. The molecular formula is C11H11N3O2. The number of carbonyl (C=O) groups is 1. The molecule has 16 heavy (non-hydrogen) atoms. The standard InChI is InChI=1S/C11H11N3O2/c1-7-5-9(3-4-12-7)14-11(15)10-8(2)13-6-16-10/h3-6H,1-2H3,(H,12,14,15). The van der Waals surface area contributed by atoms with Crippen molar-refractivity contribution >= 4 is 11.6 Å². The number of aromatic nitrogens is 2. The molecule has 0 aliphatic rings. The summed E-state index contributed by atoms with van der Waals surface area (Å²) in [5.74, 6) is -0.0740. The summed E-state index contributed by atoms with van der Waals surface area (Å²) in [5.41, 5.74) is 2.10. The van der Waals surface area contributed by atoms with Crippen LogP contribution in [0.15, 0.2) is 29.1 Å². The minimum atomic E-state index is -0.305. The van der Waals surface area contributed by atoms with E-state index in [1.165, 1.54) is 6.39 Å². The van der Waals surface area contributed by atoms with Crippen molar-refractivity contribution in [2.45, 2.75) is 13.8 Å². The Kier molecular flexibility index (Phi) is 2.68. The number of nitrogens with one attached hydrogen (secondary N) is 1. The van der Waals surface area contributed by atoms with Gasteiger partial charge in [-0.2, -0.15) is 0 Å². The largest absolute Gasteiger partial charge is 0.438 e. The highest BCUT2D eigenvalue weighted by molar-refractivity contribution is 6.02. The Morgan fingerprint density at radius 3 is 2.81 bits per heavy atom. The van der Waals surface area contributed by atoms with Crippen molar-refractivity contribution in [3.8, 4) is 0 Å². The van der Waals surface area contributed by atoms with Crippen molar-refractivity contribution in [3.63, 3.8) is 0 Å². The van der Waals surface area contributed by atoms with Crippen LogP contribution in [0.5, 0.6) is 0 Å². The van der Waals surface area contributed by atoms with Crippen LogP contribution in [0.2, 0.25) is 0 Å². The molecule has 0 aliphatic carbocycles. The molecule has 2 rings (SSSR count). The number of hydrogen-bond acceptors (Lipinski definition) is 4. The van der Waals surface area contributed by atoms with E-state index < -0.39 is 0 Å². The number of rotatable bonds is 2. The Balaban J connectivity index is 2.17. The first-order valence-electron chi connectivity index (χ1n) is 4.81. The second kappa shape index (κ2) is 4.14. The number of anilines is 1. The summed E-state index contributed by atoms with van der Waals surface area (Å²) in [6, 6.07) is 3.50. The maximum atomic E-state index is 11.7. The molecule has 82 valence electrons. The lowest BCUT2D eigenvalue weighted by atomic mass is 10.3. The van der Waals surface area contributed by atoms with Gasteiger partial charge in [-0.15, -0.1) is 0 Å². The van der Waals surface area contributed by atoms with E-state index in [1.807, 2.05) is 6.92 Å². The molecule has 0 atom stereocenters. The van der Waals surface area contributed by atoms with Gasteiger partial charge in [0.2, 0.25) is 5.76 Å². The molecule has 0 bridgehead atoms. The lowest BCUT2D eigenvalue weighted by molar-refractivity contribution is 0.0996. The highest BCUT2D eigenvalue weighted by atomic mass is 16.3. The van der Waals surface area contributed by atoms with E-state index in [9.17, 15) is 4.79 Å². The molecule has 1 N–H and O–H groups in total. The zero-order chi connectivity index (χ0) is 11.5. The van der Waals surface area contributed by atoms with Gasteiger partial charge in [0.15, 0.2) is 6.39 Å². The predicted octanol–water partition coefficient (Wildman–Crippen LogP) is 1.94. The van der Waals surface area contributed by atoms with Gasteiger partial charge in [-0.3, -0.25) is 9.78 Å². The molecule has 1 amide bonds. The molecule has 2 aromatic rings. The Bertz CT molecular complexity index is 519. The van der Waals surface area contributed by atoms with Gasteiger partial charge in [-0.25, -0.2) is 4.98 Å². The van der Waals surface area contributed by atoms with Crippen LogP contribution in [0, 0.1) is 13.8 Å². The number of nitrogens with zero attached hydrogens (tertiary/aromatic N) is 2. The number of amides is 1. The van der Waals surface area contributed by atoms with Crippen molar-refractivity contribution in [3.05, 3.63) is 41.9 Å². The smallest absolute Gasteiger partial charge is 0.293 e. The molecule has 0 fully saturated rings. The van der Waals surface area contributed by atoms with Crippen molar-refractivity contribution in [1.29, 1.82) is 0 Å². The molecule has 2 heterocycles. The summed E-state index contributed by atoms with van der Waals surface area (Å²) in [4.78, 5) is 19.6. The fourth-order valence-corrected chi connectivity index (χ4v) is 1.33. The third-order valence-electron chi connectivity index (χ3n) is 2.11. The van der Waals surface area contributed by atoms with E-state index in [0.717, 1.165) is 5.69 Å². The summed E-state index contributed by atoms with van der Waals surface area (Å²) in [6.07, 6.45) is 2.89. The van der Waals surface area contributed by atoms with Crippen LogP contribution in [0.25, 0.3) is 0 Å². The molecule has 5 nitrogen and oxygen atoms in total. The van der Waals surface area contributed by atoms with Crippen LogP contribution < -0.4 is 5.32 Å². The first-order valence-corrected chi connectivity index (χ1v) is 4.81. The molecule has 0 aliphatic heterocycles. The molecule has 0 radical (unpaired) electrons. The van der Waals surface area contributed by atoms with Gasteiger partial charge in [-0.1, -0.05) is 0 Å². The van der Waals surface area contributed by atoms with Crippen LogP contribution in [0.1, 0.15) is 21.9 Å². The van der Waals surface area contributed by atoms with Crippen LogP contribution in [0.3, 0.4) is 0 Å². The van der Waals surface area contributed by atoms with Crippen LogP contribution in [-0.2, 0) is 0 Å². The number of pyridine rings is 1. The molecular weight excluding hydrogens is 206 g/mol. The monoisotopic (exact) mass is 217 g/mol. The predicted molar refractivity (Wildman–Crippen MR) is 58.2 cm³/mol. The summed E-state index contributed by atoms with van der Waals surface area (Å²) in [5, 5.41) is 2.71. The van der Waals surface area contributed by atoms with E-state index >= 15 is 0 Å². The van der Waals surface area contributed by atoms with Crippen molar-refractivity contribution < 1.29 is 9.21 Å². The summed E-state index contributed by atoms with van der Waals surface area (Å²) >= 11 is 0. The molecule has 0 saturated carbocycles. The lowest BCUT2D eigenvalue weighted by Crippen LogP contribution is -2.12. The Labute approximate surface area is 92.5 Å². The van der Waals surface area contributed by atoms with Gasteiger partial charge in [0.25, 0.3) is 5.91 Å². The number of carbonyl (C=O) groups excluding carboxylic acids is 1. The van der Waals surface area contributed by atoms with E-state index in [-0.39, 0.29) is 11.7 Å². The minimum absolute atomic E-state index is 0.231. The zero-order valence-electron chi connectivity index (χ0n) is 9.02. The Morgan fingerprint density at radius 2 is 2.19 bits per heavy atom. The molecule has 2 aromatic heterocycles. The first kappa shape index (κ1) is 10.4. The fraction of sp³-hybridized carbons (Fsp3) is 0.182. The highest BCUT2D eigenvalue weighted by Crippen LogP contribution is 2.11. The number of aryl methyl sites for hydroxylation is 2. The normalized spacial score (nSPS) is 10.1. The maximum absolute atomic E-state index is 11.7. The van der Waals surface area contributed by atoms with E-state index in [0.29, 0.717) is 11.4 Å². The summed E-state index contributed by atoms with van der Waals surface area (Å²) < 4.78 is 4.99. The topological polar surface area (TPSA) is 68.0 Å². The van der Waals surface area contributed by atoms with Crippen LogP contribution >= 0.6 is 0 Å². The number of hydrogen-bond donors (Lipinski definition) is 1. The average Bonchev–Trinajstić information content (AvgIpc) is 2.64.